The maximum atomic E-state index is 14.9. The van der Waals surface area contributed by atoms with E-state index in [1.807, 2.05) is 6.92 Å². The monoisotopic (exact) mass is 722 g/mol. The fourth-order valence-electron chi connectivity index (χ4n) is 5.73. The van der Waals surface area contributed by atoms with Crippen molar-refractivity contribution in [1.82, 2.24) is 0 Å². The molecule has 0 N–H and O–H groups in total. The van der Waals surface area contributed by atoms with Crippen LogP contribution in [0, 0.1) is 11.6 Å². The number of carbonyl (C=O) groups excluding carboxylic acids is 3. The molecule has 0 aromatic heterocycles. The van der Waals surface area contributed by atoms with Gasteiger partial charge in [-0.1, -0.05) is 104 Å². The average Bonchev–Trinajstić information content (AvgIpc) is 3.13. The Morgan fingerprint density at radius 3 is 1.54 bits per heavy atom. The molecule has 0 heterocycles. The molecule has 0 aliphatic carbocycles. The van der Waals surface area contributed by atoms with E-state index < -0.39 is 35.3 Å². The number of unbranched alkanes of at least 4 members (excludes halogenated alkanes) is 14. The van der Waals surface area contributed by atoms with Gasteiger partial charge in [-0.2, -0.15) is 0 Å². The molecule has 0 aliphatic heterocycles. The molecule has 0 saturated heterocycles. The minimum absolute atomic E-state index is 0.0333. The van der Waals surface area contributed by atoms with E-state index in [1.54, 1.807) is 0 Å². The van der Waals surface area contributed by atoms with Gasteiger partial charge in [-0.3, -0.25) is 0 Å². The highest BCUT2D eigenvalue weighted by atomic mass is 19.1. The van der Waals surface area contributed by atoms with Gasteiger partial charge in [0.15, 0.2) is 23.1 Å². The maximum absolute atomic E-state index is 14.9. The maximum Gasteiger partial charge on any atom is 0.343 e. The fourth-order valence-corrected chi connectivity index (χ4v) is 5.73. The third-order valence-corrected chi connectivity index (χ3v) is 8.87. The zero-order chi connectivity index (χ0) is 37.6. The van der Waals surface area contributed by atoms with Crippen molar-refractivity contribution in [2.24, 2.45) is 0 Å². The number of hydrogen-bond donors (Lipinski definition) is 0. The summed E-state index contributed by atoms with van der Waals surface area (Å²) in [4.78, 5) is 37.8. The predicted molar refractivity (Wildman–Crippen MR) is 199 cm³/mol. The van der Waals surface area contributed by atoms with Crippen molar-refractivity contribution in [1.29, 1.82) is 0 Å². The van der Waals surface area contributed by atoms with Crippen LogP contribution in [0.2, 0.25) is 0 Å². The molecule has 3 rings (SSSR count). The average molecular weight is 723 g/mol. The standard InChI is InChI=1S/C43H56F2O7/c1-4-6-8-10-11-12-13-14-15-16-17-19-29-49-39-27-23-35(30-37(39)44)43(48)52-40-28-24-34(31-38(40)45)42(47)51-36-25-21-33(22-26-36)41(46)50-32(3)20-18-9-7-5-2/h21-28,30-32H,4-20,29H2,1-3H3/t32-/m1/s1. The first-order chi connectivity index (χ1) is 25.2. The molecule has 0 radical (unpaired) electrons. The highest BCUT2D eigenvalue weighted by Crippen LogP contribution is 2.24. The first-order valence-electron chi connectivity index (χ1n) is 19.2. The summed E-state index contributed by atoms with van der Waals surface area (Å²) >= 11 is 0. The Labute approximate surface area is 308 Å². The number of hydrogen-bond acceptors (Lipinski definition) is 7. The number of esters is 3. The van der Waals surface area contributed by atoms with E-state index in [9.17, 15) is 23.2 Å². The lowest BCUT2D eigenvalue weighted by Gasteiger charge is -2.13. The topological polar surface area (TPSA) is 88.1 Å². The van der Waals surface area contributed by atoms with Crippen LogP contribution in [-0.2, 0) is 4.74 Å². The summed E-state index contributed by atoms with van der Waals surface area (Å²) in [6.07, 6.45) is 19.6. The second-order valence-electron chi connectivity index (χ2n) is 13.4. The van der Waals surface area contributed by atoms with Gasteiger partial charge in [0.1, 0.15) is 5.75 Å². The Morgan fingerprint density at radius 1 is 0.538 bits per heavy atom. The van der Waals surface area contributed by atoms with Gasteiger partial charge < -0.3 is 18.9 Å². The predicted octanol–water partition coefficient (Wildman–Crippen LogP) is 12.0. The van der Waals surface area contributed by atoms with Crippen LogP contribution < -0.4 is 14.2 Å². The molecule has 3 aromatic carbocycles. The van der Waals surface area contributed by atoms with E-state index in [1.165, 1.54) is 100 Å². The Hall–Kier alpha value is -4.27. The van der Waals surface area contributed by atoms with Gasteiger partial charge in [0.25, 0.3) is 0 Å². The van der Waals surface area contributed by atoms with Crippen LogP contribution in [0.5, 0.6) is 17.2 Å². The minimum Gasteiger partial charge on any atom is -0.491 e. The van der Waals surface area contributed by atoms with Gasteiger partial charge in [0, 0.05) is 0 Å². The van der Waals surface area contributed by atoms with Gasteiger partial charge in [0.2, 0.25) is 0 Å². The number of halogens is 2. The molecule has 9 heteroatoms. The molecule has 52 heavy (non-hydrogen) atoms. The number of ether oxygens (including phenoxy) is 4. The Bertz CT molecular complexity index is 1520. The normalized spacial score (nSPS) is 11.6. The summed E-state index contributed by atoms with van der Waals surface area (Å²) in [7, 11) is 0. The Morgan fingerprint density at radius 2 is 1.00 bits per heavy atom. The number of benzene rings is 3. The van der Waals surface area contributed by atoms with E-state index in [-0.39, 0.29) is 28.7 Å². The third-order valence-electron chi connectivity index (χ3n) is 8.87. The van der Waals surface area contributed by atoms with Crippen LogP contribution in [-0.4, -0.2) is 30.6 Å². The zero-order valence-electron chi connectivity index (χ0n) is 31.2. The minimum atomic E-state index is -0.979. The molecular weight excluding hydrogens is 666 g/mol. The molecule has 0 aliphatic rings. The third kappa shape index (κ3) is 15.5. The fraction of sp³-hybridized carbons (Fsp3) is 0.512. The summed E-state index contributed by atoms with van der Waals surface area (Å²) < 4.78 is 51.1. The van der Waals surface area contributed by atoms with Crippen molar-refractivity contribution < 1.29 is 42.1 Å². The lowest BCUT2D eigenvalue weighted by Crippen LogP contribution is -2.15. The zero-order valence-corrected chi connectivity index (χ0v) is 31.2. The van der Waals surface area contributed by atoms with Crippen LogP contribution in [0.15, 0.2) is 60.7 Å². The SMILES string of the molecule is CCCCCCCCCCCCCCOc1ccc(C(=O)Oc2ccc(C(=O)Oc3ccc(C(=O)O[C@H](C)CCCCCC)cc3)cc2F)cc1F. The quantitative estimate of drug-likeness (QED) is 0.0488. The lowest BCUT2D eigenvalue weighted by atomic mass is 10.1. The lowest BCUT2D eigenvalue weighted by molar-refractivity contribution is 0.0319. The molecule has 7 nitrogen and oxygen atoms in total. The number of carbonyl (C=O) groups is 3. The molecule has 0 unspecified atom stereocenters. The van der Waals surface area contributed by atoms with Crippen molar-refractivity contribution in [3.05, 3.63) is 89.0 Å². The van der Waals surface area contributed by atoms with E-state index >= 15 is 0 Å². The second kappa shape index (κ2) is 24.1. The molecule has 0 bridgehead atoms. The molecule has 1 atom stereocenters. The summed E-state index contributed by atoms with van der Waals surface area (Å²) in [6, 6.07) is 12.8. The van der Waals surface area contributed by atoms with Gasteiger partial charge in [-0.05, 0) is 86.8 Å². The molecule has 3 aromatic rings. The summed E-state index contributed by atoms with van der Waals surface area (Å²) in [6.45, 7) is 6.60. The van der Waals surface area contributed by atoms with Crippen molar-refractivity contribution in [2.75, 3.05) is 6.61 Å². The van der Waals surface area contributed by atoms with Crippen LogP contribution in [0.4, 0.5) is 8.78 Å². The first-order valence-corrected chi connectivity index (χ1v) is 19.2. The highest BCUT2D eigenvalue weighted by molar-refractivity contribution is 5.93. The van der Waals surface area contributed by atoms with Crippen LogP contribution >= 0.6 is 0 Å². The molecule has 0 fully saturated rings. The molecule has 284 valence electrons. The van der Waals surface area contributed by atoms with Gasteiger partial charge in [-0.25, -0.2) is 23.2 Å². The Kier molecular flexibility index (Phi) is 19.5. The highest BCUT2D eigenvalue weighted by Gasteiger charge is 2.18. The van der Waals surface area contributed by atoms with E-state index in [2.05, 4.69) is 13.8 Å². The molecule has 0 spiro atoms. The smallest absolute Gasteiger partial charge is 0.343 e. The first kappa shape index (κ1) is 42.1. The summed E-state index contributed by atoms with van der Waals surface area (Å²) in [5.74, 6) is -4.24. The van der Waals surface area contributed by atoms with E-state index in [0.29, 0.717) is 12.2 Å². The van der Waals surface area contributed by atoms with Crippen molar-refractivity contribution >= 4 is 17.9 Å². The second-order valence-corrected chi connectivity index (χ2v) is 13.4. The summed E-state index contributed by atoms with van der Waals surface area (Å²) in [5, 5.41) is 0. The summed E-state index contributed by atoms with van der Waals surface area (Å²) in [5.41, 5.74) is 0.0690. The molecular formula is C43H56F2O7. The van der Waals surface area contributed by atoms with E-state index in [0.717, 1.165) is 69.6 Å². The molecule has 0 saturated carbocycles. The van der Waals surface area contributed by atoms with E-state index in [4.69, 9.17) is 18.9 Å². The number of rotatable bonds is 25. The van der Waals surface area contributed by atoms with Crippen molar-refractivity contribution in [3.8, 4) is 17.2 Å². The van der Waals surface area contributed by atoms with Gasteiger partial charge in [0.05, 0.1) is 29.4 Å². The van der Waals surface area contributed by atoms with Crippen LogP contribution in [0.25, 0.3) is 0 Å². The largest absolute Gasteiger partial charge is 0.491 e. The Balaban J connectivity index is 1.39. The van der Waals surface area contributed by atoms with Crippen LogP contribution in [0.1, 0.15) is 161 Å². The molecule has 0 amide bonds. The van der Waals surface area contributed by atoms with Crippen molar-refractivity contribution in [2.45, 2.75) is 136 Å². The van der Waals surface area contributed by atoms with Gasteiger partial charge >= 0.3 is 17.9 Å². The van der Waals surface area contributed by atoms with Crippen molar-refractivity contribution in [3.63, 3.8) is 0 Å². The van der Waals surface area contributed by atoms with Crippen LogP contribution in [0.3, 0.4) is 0 Å². The van der Waals surface area contributed by atoms with Gasteiger partial charge in [-0.15, -0.1) is 0 Å².